The van der Waals surface area contributed by atoms with E-state index in [-0.39, 0.29) is 5.91 Å². The number of rotatable bonds is 3. The lowest BCUT2D eigenvalue weighted by Crippen LogP contribution is -2.53. The van der Waals surface area contributed by atoms with Crippen LogP contribution in [0.3, 0.4) is 0 Å². The molecule has 5 nitrogen and oxygen atoms in total. The summed E-state index contributed by atoms with van der Waals surface area (Å²) in [6, 6.07) is 14.9. The van der Waals surface area contributed by atoms with E-state index in [1.54, 1.807) is 0 Å². The van der Waals surface area contributed by atoms with Gasteiger partial charge in [0, 0.05) is 37.8 Å². The first kappa shape index (κ1) is 17.7. The Morgan fingerprint density at radius 1 is 1.04 bits per heavy atom. The van der Waals surface area contributed by atoms with Crippen LogP contribution in [0.25, 0.3) is 22.2 Å². The van der Waals surface area contributed by atoms with Crippen LogP contribution in [-0.2, 0) is 0 Å². The molecule has 1 N–H and O–H groups in total. The number of H-pyrrole nitrogens is 1. The highest BCUT2D eigenvalue weighted by Crippen LogP contribution is 2.30. The molecule has 0 radical (unpaired) electrons. The number of amides is 1. The molecule has 1 saturated carbocycles. The van der Waals surface area contributed by atoms with E-state index >= 15 is 0 Å². The first-order chi connectivity index (χ1) is 13.7. The van der Waals surface area contributed by atoms with Gasteiger partial charge in [0.05, 0.1) is 0 Å². The fraction of sp³-hybridized carbons (Fsp3) is 0.364. The number of carbonyl (C=O) groups is 1. The van der Waals surface area contributed by atoms with Crippen LogP contribution >= 0.6 is 11.6 Å². The van der Waals surface area contributed by atoms with Gasteiger partial charge >= 0.3 is 0 Å². The van der Waals surface area contributed by atoms with E-state index in [2.05, 4.69) is 33.1 Å². The van der Waals surface area contributed by atoms with Gasteiger partial charge in [0.2, 0.25) is 0 Å². The molecule has 2 fully saturated rings. The maximum absolute atomic E-state index is 13.0. The number of nitrogens with zero attached hydrogens (tertiary/aromatic N) is 3. The van der Waals surface area contributed by atoms with E-state index in [4.69, 9.17) is 11.6 Å². The van der Waals surface area contributed by atoms with E-state index in [0.29, 0.717) is 16.7 Å². The number of fused-ring (bicyclic) bond motifs is 1. The van der Waals surface area contributed by atoms with Crippen molar-refractivity contribution in [3.63, 3.8) is 0 Å². The van der Waals surface area contributed by atoms with Crippen molar-refractivity contribution < 1.29 is 4.79 Å². The normalized spacial score (nSPS) is 18.4. The lowest BCUT2D eigenvalue weighted by atomic mass is 9.91. The maximum atomic E-state index is 13.0. The third-order valence-electron chi connectivity index (χ3n) is 6.10. The molecule has 2 heterocycles. The summed E-state index contributed by atoms with van der Waals surface area (Å²) in [6.07, 6.45) is 3.94. The van der Waals surface area contributed by atoms with Crippen LogP contribution in [0, 0.1) is 0 Å². The van der Waals surface area contributed by atoms with Gasteiger partial charge in [-0.15, -0.1) is 0 Å². The quantitative estimate of drug-likeness (QED) is 0.724. The van der Waals surface area contributed by atoms with Crippen molar-refractivity contribution in [2.75, 3.05) is 26.2 Å². The van der Waals surface area contributed by atoms with Gasteiger partial charge in [0.25, 0.3) is 5.91 Å². The van der Waals surface area contributed by atoms with Crippen LogP contribution < -0.4 is 0 Å². The summed E-state index contributed by atoms with van der Waals surface area (Å²) in [5, 5.41) is 2.53. The van der Waals surface area contributed by atoms with Crippen LogP contribution in [0.4, 0.5) is 0 Å². The molecule has 0 bridgehead atoms. The summed E-state index contributed by atoms with van der Waals surface area (Å²) in [5.41, 5.74) is 1.27. The predicted molar refractivity (Wildman–Crippen MR) is 112 cm³/mol. The minimum atomic E-state index is -0.0824. The van der Waals surface area contributed by atoms with E-state index in [9.17, 15) is 4.79 Å². The molecule has 1 aliphatic carbocycles. The zero-order valence-electron chi connectivity index (χ0n) is 15.7. The number of hydrogen-bond acceptors (Lipinski definition) is 3. The number of carbonyl (C=O) groups excluding carboxylic acids is 1. The first-order valence-electron chi connectivity index (χ1n) is 9.97. The van der Waals surface area contributed by atoms with E-state index in [1.807, 2.05) is 29.2 Å². The molecule has 1 saturated heterocycles. The SMILES string of the molecule is O=C(c1nc(-c2cccc3ccccc23)[nH]c1Cl)N1CCN(C2CCC2)CC1. The highest BCUT2D eigenvalue weighted by atomic mass is 35.5. The summed E-state index contributed by atoms with van der Waals surface area (Å²) < 4.78 is 0. The Hall–Kier alpha value is -2.37. The summed E-state index contributed by atoms with van der Waals surface area (Å²) >= 11 is 6.39. The van der Waals surface area contributed by atoms with Gasteiger partial charge < -0.3 is 9.88 Å². The molecule has 5 rings (SSSR count). The van der Waals surface area contributed by atoms with Gasteiger partial charge in [-0.05, 0) is 23.6 Å². The molecule has 6 heteroatoms. The van der Waals surface area contributed by atoms with Gasteiger partial charge in [-0.1, -0.05) is 60.5 Å². The number of aromatic amines is 1. The van der Waals surface area contributed by atoms with Crippen molar-refractivity contribution in [3.05, 3.63) is 53.3 Å². The van der Waals surface area contributed by atoms with Crippen LogP contribution in [0.15, 0.2) is 42.5 Å². The van der Waals surface area contributed by atoms with Crippen molar-refractivity contribution in [3.8, 4) is 11.4 Å². The van der Waals surface area contributed by atoms with Crippen LogP contribution in [0.5, 0.6) is 0 Å². The number of hydrogen-bond donors (Lipinski definition) is 1. The first-order valence-corrected chi connectivity index (χ1v) is 10.4. The van der Waals surface area contributed by atoms with Crippen molar-refractivity contribution in [2.24, 2.45) is 0 Å². The second-order valence-electron chi connectivity index (χ2n) is 7.69. The van der Waals surface area contributed by atoms with Gasteiger partial charge in [-0.3, -0.25) is 9.69 Å². The van der Waals surface area contributed by atoms with Gasteiger partial charge in [-0.25, -0.2) is 4.98 Å². The summed E-state index contributed by atoms with van der Waals surface area (Å²) in [4.78, 5) is 25.1. The second kappa shape index (κ2) is 7.22. The molecule has 2 aromatic carbocycles. The second-order valence-corrected chi connectivity index (χ2v) is 8.07. The third-order valence-corrected chi connectivity index (χ3v) is 6.37. The van der Waals surface area contributed by atoms with Crippen LogP contribution in [-0.4, -0.2) is 57.9 Å². The minimum Gasteiger partial charge on any atom is -0.335 e. The fourth-order valence-electron chi connectivity index (χ4n) is 4.24. The Balaban J connectivity index is 1.38. The number of benzene rings is 2. The molecule has 0 atom stereocenters. The van der Waals surface area contributed by atoms with E-state index in [1.165, 1.54) is 19.3 Å². The number of imidazole rings is 1. The Morgan fingerprint density at radius 3 is 2.54 bits per heavy atom. The third kappa shape index (κ3) is 3.09. The predicted octanol–water partition coefficient (Wildman–Crippen LogP) is 4.19. The lowest BCUT2D eigenvalue weighted by Gasteiger charge is -2.42. The zero-order valence-corrected chi connectivity index (χ0v) is 16.5. The average molecular weight is 395 g/mol. The molecule has 1 amide bonds. The lowest BCUT2D eigenvalue weighted by molar-refractivity contribution is 0.0452. The van der Waals surface area contributed by atoms with Gasteiger partial charge in [0.15, 0.2) is 5.69 Å². The monoisotopic (exact) mass is 394 g/mol. The molecule has 144 valence electrons. The van der Waals surface area contributed by atoms with Crippen LogP contribution in [0.2, 0.25) is 5.15 Å². The standard InChI is InChI=1S/C22H23ClN4O/c23-20-19(22(28)27-13-11-26(12-14-27)16-7-4-8-16)24-21(25-20)18-10-3-6-15-5-1-2-9-17(15)18/h1-3,5-6,9-10,16H,4,7-8,11-14H2,(H,24,25). The molecule has 3 aromatic rings. The summed E-state index contributed by atoms with van der Waals surface area (Å²) in [5.74, 6) is 0.555. The number of piperazine rings is 1. The van der Waals surface area contributed by atoms with Gasteiger partial charge in [-0.2, -0.15) is 0 Å². The van der Waals surface area contributed by atoms with E-state index < -0.39 is 0 Å². The van der Waals surface area contributed by atoms with E-state index in [0.717, 1.165) is 48.6 Å². The zero-order chi connectivity index (χ0) is 19.1. The van der Waals surface area contributed by atoms with Crippen molar-refractivity contribution in [1.82, 2.24) is 19.8 Å². The Morgan fingerprint density at radius 2 is 1.79 bits per heavy atom. The van der Waals surface area contributed by atoms with Crippen molar-refractivity contribution in [2.45, 2.75) is 25.3 Å². The minimum absolute atomic E-state index is 0.0824. The highest BCUT2D eigenvalue weighted by molar-refractivity contribution is 6.32. The van der Waals surface area contributed by atoms with Gasteiger partial charge in [0.1, 0.15) is 11.0 Å². The number of nitrogens with one attached hydrogen (secondary N) is 1. The largest absolute Gasteiger partial charge is 0.335 e. The molecular formula is C22H23ClN4O. The Labute approximate surface area is 169 Å². The average Bonchev–Trinajstić information content (AvgIpc) is 3.08. The molecule has 0 unspecified atom stereocenters. The summed E-state index contributed by atoms with van der Waals surface area (Å²) in [7, 11) is 0. The molecule has 2 aliphatic rings. The molecule has 28 heavy (non-hydrogen) atoms. The Bertz CT molecular complexity index is 1010. The molecule has 0 spiro atoms. The molecule has 1 aliphatic heterocycles. The topological polar surface area (TPSA) is 52.2 Å². The smallest absolute Gasteiger partial charge is 0.275 e. The summed E-state index contributed by atoms with van der Waals surface area (Å²) in [6.45, 7) is 3.35. The van der Waals surface area contributed by atoms with Crippen molar-refractivity contribution >= 4 is 28.3 Å². The molecular weight excluding hydrogens is 372 g/mol. The molecule has 1 aromatic heterocycles. The number of aromatic nitrogens is 2. The number of halogens is 1. The van der Waals surface area contributed by atoms with Crippen molar-refractivity contribution in [1.29, 1.82) is 0 Å². The maximum Gasteiger partial charge on any atom is 0.275 e. The van der Waals surface area contributed by atoms with Crippen LogP contribution in [0.1, 0.15) is 29.8 Å². The highest BCUT2D eigenvalue weighted by Gasteiger charge is 2.31. The fourth-order valence-corrected chi connectivity index (χ4v) is 4.46. The Kier molecular flexibility index (Phi) is 4.57.